The lowest BCUT2D eigenvalue weighted by Gasteiger charge is -2.32. The second kappa shape index (κ2) is 7.78. The van der Waals surface area contributed by atoms with Crippen LogP contribution in [0.3, 0.4) is 0 Å². The van der Waals surface area contributed by atoms with Crippen molar-refractivity contribution in [3.05, 3.63) is 34.9 Å². The fourth-order valence-electron chi connectivity index (χ4n) is 2.71. The lowest BCUT2D eigenvalue weighted by molar-refractivity contribution is -0.114. The Hall–Kier alpha value is -1.90. The second-order valence-corrected chi connectivity index (χ2v) is 7.01. The Morgan fingerprint density at radius 3 is 3.12 bits per heavy atom. The van der Waals surface area contributed by atoms with E-state index in [1.807, 2.05) is 19.2 Å². The van der Waals surface area contributed by atoms with Gasteiger partial charge in [-0.1, -0.05) is 0 Å². The molecule has 1 atom stereocenters. The molecule has 0 unspecified atom stereocenters. The quantitative estimate of drug-likeness (QED) is 0.886. The van der Waals surface area contributed by atoms with Crippen molar-refractivity contribution in [2.45, 2.75) is 32.9 Å². The van der Waals surface area contributed by atoms with E-state index < -0.39 is 0 Å². The minimum absolute atomic E-state index is 0.0949. The van der Waals surface area contributed by atoms with Gasteiger partial charge in [0.1, 0.15) is 6.33 Å². The van der Waals surface area contributed by atoms with Crippen LogP contribution in [0.2, 0.25) is 0 Å². The molecule has 2 aromatic rings. The molecule has 1 aliphatic heterocycles. The number of nitrogens with zero attached hydrogens (tertiary/aromatic N) is 4. The van der Waals surface area contributed by atoms with E-state index >= 15 is 0 Å². The maximum absolute atomic E-state index is 11.1. The van der Waals surface area contributed by atoms with Crippen molar-refractivity contribution < 1.29 is 9.53 Å². The van der Waals surface area contributed by atoms with Crippen LogP contribution < -0.4 is 5.32 Å². The largest absolute Gasteiger partial charge is 0.375 e. The third kappa shape index (κ3) is 4.80. The average molecular weight is 347 g/mol. The van der Waals surface area contributed by atoms with Crippen LogP contribution in [0.5, 0.6) is 0 Å². The van der Waals surface area contributed by atoms with Gasteiger partial charge in [-0.15, -0.1) is 11.3 Å². The predicted molar refractivity (Wildman–Crippen MR) is 91.9 cm³/mol. The first-order chi connectivity index (χ1) is 11.6. The summed E-state index contributed by atoms with van der Waals surface area (Å²) >= 11 is 1.52. The zero-order valence-electron chi connectivity index (χ0n) is 13.9. The van der Waals surface area contributed by atoms with Crippen LogP contribution >= 0.6 is 11.3 Å². The first-order valence-corrected chi connectivity index (χ1v) is 8.74. The molecule has 1 amide bonds. The third-order valence-corrected chi connectivity index (χ3v) is 4.63. The molecular formula is C16H21N5O2S. The van der Waals surface area contributed by atoms with Gasteiger partial charge >= 0.3 is 0 Å². The molecule has 3 heterocycles. The predicted octanol–water partition coefficient (Wildman–Crippen LogP) is 1.64. The molecule has 0 aliphatic carbocycles. The standard InChI is InChI=1S/C16H21N5O2S/c1-11-5-13(19-10-18-11)6-14-8-21(3-4-23-14)9-15-7-17-16(24-15)20-12(2)22/h5,7,10,14H,3-4,6,8-9H2,1-2H3,(H,17,20,22)/t14-/m1/s1. The molecule has 7 nitrogen and oxygen atoms in total. The Labute approximate surface area is 145 Å². The number of hydrogen-bond acceptors (Lipinski definition) is 7. The number of aryl methyl sites for hydroxylation is 1. The van der Waals surface area contributed by atoms with Crippen LogP contribution in [0, 0.1) is 6.92 Å². The molecular weight excluding hydrogens is 326 g/mol. The number of carbonyl (C=O) groups excluding carboxylic acids is 1. The Balaban J connectivity index is 1.55. The molecule has 0 aromatic carbocycles. The number of hydrogen-bond donors (Lipinski definition) is 1. The summed E-state index contributed by atoms with van der Waals surface area (Å²) in [4.78, 5) is 27.2. The van der Waals surface area contributed by atoms with E-state index in [0.717, 1.165) is 42.3 Å². The minimum atomic E-state index is -0.0949. The first-order valence-electron chi connectivity index (χ1n) is 7.92. The molecule has 2 aromatic heterocycles. The fourth-order valence-corrected chi connectivity index (χ4v) is 3.61. The van der Waals surface area contributed by atoms with Gasteiger partial charge < -0.3 is 10.1 Å². The molecule has 1 fully saturated rings. The van der Waals surface area contributed by atoms with Crippen molar-refractivity contribution in [1.29, 1.82) is 0 Å². The van der Waals surface area contributed by atoms with E-state index in [1.54, 1.807) is 6.33 Å². The SMILES string of the molecule is CC(=O)Nc1ncc(CN2CCO[C@H](Cc3cc(C)ncn3)C2)s1. The number of rotatable bonds is 5. The van der Waals surface area contributed by atoms with Gasteiger partial charge in [-0.05, 0) is 13.0 Å². The summed E-state index contributed by atoms with van der Waals surface area (Å²) in [5, 5.41) is 3.37. The number of thiazole rings is 1. The number of aromatic nitrogens is 3. The van der Waals surface area contributed by atoms with Gasteiger partial charge in [0.15, 0.2) is 5.13 Å². The average Bonchev–Trinajstić information content (AvgIpc) is 2.94. The molecule has 1 aliphatic rings. The van der Waals surface area contributed by atoms with Gasteiger partial charge in [0.2, 0.25) is 5.91 Å². The maximum Gasteiger partial charge on any atom is 0.223 e. The van der Waals surface area contributed by atoms with Gasteiger partial charge in [0.25, 0.3) is 0 Å². The Morgan fingerprint density at radius 2 is 2.33 bits per heavy atom. The number of amides is 1. The van der Waals surface area contributed by atoms with E-state index in [0.29, 0.717) is 11.7 Å². The summed E-state index contributed by atoms with van der Waals surface area (Å²) in [6, 6.07) is 2.01. The zero-order valence-corrected chi connectivity index (χ0v) is 14.7. The zero-order chi connectivity index (χ0) is 16.9. The Morgan fingerprint density at radius 1 is 1.46 bits per heavy atom. The number of morpholine rings is 1. The highest BCUT2D eigenvalue weighted by Crippen LogP contribution is 2.21. The molecule has 0 spiro atoms. The fraction of sp³-hybridized carbons (Fsp3) is 0.500. The summed E-state index contributed by atoms with van der Waals surface area (Å²) < 4.78 is 5.88. The van der Waals surface area contributed by atoms with Crippen molar-refractivity contribution in [1.82, 2.24) is 19.9 Å². The van der Waals surface area contributed by atoms with Crippen LogP contribution in [0.15, 0.2) is 18.6 Å². The van der Waals surface area contributed by atoms with Crippen molar-refractivity contribution in [3.8, 4) is 0 Å². The summed E-state index contributed by atoms with van der Waals surface area (Å²) in [6.45, 7) is 6.74. The van der Waals surface area contributed by atoms with E-state index in [9.17, 15) is 4.79 Å². The topological polar surface area (TPSA) is 80.2 Å². The van der Waals surface area contributed by atoms with Crippen LogP contribution in [0.1, 0.15) is 23.2 Å². The van der Waals surface area contributed by atoms with Crippen molar-refractivity contribution in [3.63, 3.8) is 0 Å². The second-order valence-electron chi connectivity index (χ2n) is 5.90. The molecule has 0 bridgehead atoms. The smallest absolute Gasteiger partial charge is 0.223 e. The number of nitrogens with one attached hydrogen (secondary N) is 1. The van der Waals surface area contributed by atoms with Crippen molar-refractivity contribution >= 4 is 22.4 Å². The highest BCUT2D eigenvalue weighted by molar-refractivity contribution is 7.15. The van der Waals surface area contributed by atoms with Crippen LogP contribution in [-0.2, 0) is 22.5 Å². The summed E-state index contributed by atoms with van der Waals surface area (Å²) in [5.74, 6) is -0.0949. The molecule has 0 saturated carbocycles. The molecule has 3 rings (SSSR count). The Kier molecular flexibility index (Phi) is 5.49. The number of carbonyl (C=O) groups is 1. The molecule has 1 N–H and O–H groups in total. The van der Waals surface area contributed by atoms with Gasteiger partial charge in [0.05, 0.1) is 12.7 Å². The van der Waals surface area contributed by atoms with E-state index in [1.165, 1.54) is 18.3 Å². The third-order valence-electron chi connectivity index (χ3n) is 3.74. The van der Waals surface area contributed by atoms with Gasteiger partial charge in [-0.2, -0.15) is 0 Å². The Bertz CT molecular complexity index is 705. The van der Waals surface area contributed by atoms with Crippen molar-refractivity contribution in [2.75, 3.05) is 25.0 Å². The maximum atomic E-state index is 11.1. The van der Waals surface area contributed by atoms with E-state index in [-0.39, 0.29) is 12.0 Å². The van der Waals surface area contributed by atoms with E-state index in [4.69, 9.17) is 4.74 Å². The van der Waals surface area contributed by atoms with Crippen LogP contribution in [0.25, 0.3) is 0 Å². The summed E-state index contributed by atoms with van der Waals surface area (Å²) in [7, 11) is 0. The lowest BCUT2D eigenvalue weighted by atomic mass is 10.1. The number of anilines is 1. The van der Waals surface area contributed by atoms with Crippen LogP contribution in [0.4, 0.5) is 5.13 Å². The van der Waals surface area contributed by atoms with Crippen molar-refractivity contribution in [2.24, 2.45) is 0 Å². The molecule has 8 heteroatoms. The van der Waals surface area contributed by atoms with Gasteiger partial charge in [0, 0.05) is 55.4 Å². The molecule has 128 valence electrons. The van der Waals surface area contributed by atoms with Gasteiger partial charge in [-0.3, -0.25) is 9.69 Å². The monoisotopic (exact) mass is 347 g/mol. The van der Waals surface area contributed by atoms with Crippen LogP contribution in [-0.4, -0.2) is 51.6 Å². The molecule has 24 heavy (non-hydrogen) atoms. The highest BCUT2D eigenvalue weighted by atomic mass is 32.1. The summed E-state index contributed by atoms with van der Waals surface area (Å²) in [5.41, 5.74) is 1.99. The first kappa shape index (κ1) is 16.9. The summed E-state index contributed by atoms with van der Waals surface area (Å²) in [6.07, 6.45) is 4.36. The normalized spacial score (nSPS) is 18.5. The lowest BCUT2D eigenvalue weighted by Crippen LogP contribution is -2.42. The van der Waals surface area contributed by atoms with E-state index in [2.05, 4.69) is 25.2 Å². The minimum Gasteiger partial charge on any atom is -0.375 e. The van der Waals surface area contributed by atoms with Gasteiger partial charge in [-0.25, -0.2) is 15.0 Å². The number of ether oxygens (including phenoxy) is 1. The molecule has 1 saturated heterocycles. The highest BCUT2D eigenvalue weighted by Gasteiger charge is 2.22. The molecule has 0 radical (unpaired) electrons.